The molecule has 1 aromatic rings. The summed E-state index contributed by atoms with van der Waals surface area (Å²) in [5, 5.41) is 3.45. The zero-order valence-electron chi connectivity index (χ0n) is 11.8. The summed E-state index contributed by atoms with van der Waals surface area (Å²) >= 11 is 6.00. The van der Waals surface area contributed by atoms with E-state index in [-0.39, 0.29) is 12.1 Å². The molecular formula is C15H19ClF3NO. The molecule has 1 aliphatic rings. The molecule has 21 heavy (non-hydrogen) atoms. The summed E-state index contributed by atoms with van der Waals surface area (Å²) in [5.74, 6) is 0. The molecule has 2 unspecified atom stereocenters. The third kappa shape index (κ3) is 4.51. The van der Waals surface area contributed by atoms with Crippen molar-refractivity contribution in [1.82, 2.24) is 0 Å². The van der Waals surface area contributed by atoms with E-state index in [1.54, 1.807) is 0 Å². The lowest BCUT2D eigenvalue weighted by molar-refractivity contribution is -0.137. The fourth-order valence-electron chi connectivity index (χ4n) is 2.57. The number of benzene rings is 1. The van der Waals surface area contributed by atoms with Crippen molar-refractivity contribution >= 4 is 17.3 Å². The highest BCUT2D eigenvalue weighted by atomic mass is 35.5. The van der Waals surface area contributed by atoms with Crippen LogP contribution in [-0.2, 0) is 10.9 Å². The first-order valence-corrected chi connectivity index (χ1v) is 7.53. The Labute approximate surface area is 127 Å². The standard InChI is InChI=1S/C15H19ClF3NO/c1-2-3-12-9-11(6-7-21-12)20-14-8-10(15(17,18)19)4-5-13(14)16/h4-5,8,11-12,20H,2-3,6-7,9H2,1H3. The molecule has 1 aromatic carbocycles. The molecule has 118 valence electrons. The van der Waals surface area contributed by atoms with Crippen molar-refractivity contribution in [3.8, 4) is 0 Å². The highest BCUT2D eigenvalue weighted by Gasteiger charge is 2.31. The Morgan fingerprint density at radius 3 is 2.81 bits per heavy atom. The number of nitrogens with one attached hydrogen (secondary N) is 1. The predicted molar refractivity (Wildman–Crippen MR) is 77.7 cm³/mol. The Morgan fingerprint density at radius 2 is 2.14 bits per heavy atom. The second kappa shape index (κ2) is 6.88. The highest BCUT2D eigenvalue weighted by molar-refractivity contribution is 6.33. The van der Waals surface area contributed by atoms with E-state index < -0.39 is 11.7 Å². The van der Waals surface area contributed by atoms with Gasteiger partial charge in [0.05, 0.1) is 22.4 Å². The lowest BCUT2D eigenvalue weighted by Crippen LogP contribution is -2.34. The number of hydrogen-bond acceptors (Lipinski definition) is 2. The van der Waals surface area contributed by atoms with Gasteiger partial charge in [0, 0.05) is 12.6 Å². The van der Waals surface area contributed by atoms with Gasteiger partial charge in [0.2, 0.25) is 0 Å². The van der Waals surface area contributed by atoms with E-state index in [0.29, 0.717) is 17.3 Å². The van der Waals surface area contributed by atoms with Crippen LogP contribution in [0.4, 0.5) is 18.9 Å². The fourth-order valence-corrected chi connectivity index (χ4v) is 2.74. The summed E-state index contributed by atoms with van der Waals surface area (Å²) in [6, 6.07) is 3.45. The number of halogens is 4. The van der Waals surface area contributed by atoms with Gasteiger partial charge in [-0.1, -0.05) is 24.9 Å². The van der Waals surface area contributed by atoms with E-state index in [0.717, 1.165) is 37.8 Å². The van der Waals surface area contributed by atoms with Crippen LogP contribution < -0.4 is 5.32 Å². The van der Waals surface area contributed by atoms with Crippen molar-refractivity contribution in [2.45, 2.75) is 50.9 Å². The average molecular weight is 322 g/mol. The summed E-state index contributed by atoms with van der Waals surface area (Å²) in [5.41, 5.74) is -0.347. The van der Waals surface area contributed by atoms with E-state index >= 15 is 0 Å². The van der Waals surface area contributed by atoms with E-state index in [4.69, 9.17) is 16.3 Å². The van der Waals surface area contributed by atoms with Gasteiger partial charge >= 0.3 is 6.18 Å². The molecule has 0 spiro atoms. The molecule has 1 fully saturated rings. The third-order valence-electron chi connectivity index (χ3n) is 3.63. The fraction of sp³-hybridized carbons (Fsp3) is 0.600. The molecule has 0 amide bonds. The molecule has 0 radical (unpaired) electrons. The van der Waals surface area contributed by atoms with Crippen LogP contribution in [0.1, 0.15) is 38.2 Å². The van der Waals surface area contributed by atoms with Crippen molar-refractivity contribution in [1.29, 1.82) is 0 Å². The quantitative estimate of drug-likeness (QED) is 0.831. The van der Waals surface area contributed by atoms with Crippen molar-refractivity contribution in [3.63, 3.8) is 0 Å². The number of anilines is 1. The van der Waals surface area contributed by atoms with Gasteiger partial charge in [0.25, 0.3) is 0 Å². The topological polar surface area (TPSA) is 21.3 Å². The smallest absolute Gasteiger partial charge is 0.381 e. The van der Waals surface area contributed by atoms with Gasteiger partial charge in [-0.3, -0.25) is 0 Å². The Kier molecular flexibility index (Phi) is 5.38. The molecule has 1 heterocycles. The minimum atomic E-state index is -4.36. The average Bonchev–Trinajstić information content (AvgIpc) is 2.41. The lowest BCUT2D eigenvalue weighted by atomic mass is 9.99. The first-order chi connectivity index (χ1) is 9.90. The van der Waals surface area contributed by atoms with E-state index in [1.165, 1.54) is 6.07 Å². The number of rotatable bonds is 4. The maximum absolute atomic E-state index is 12.7. The Hall–Kier alpha value is -0.940. The molecule has 0 bridgehead atoms. The summed E-state index contributed by atoms with van der Waals surface area (Å²) in [4.78, 5) is 0. The molecule has 6 heteroatoms. The predicted octanol–water partition coefficient (Wildman–Crippen LogP) is 5.12. The summed E-state index contributed by atoms with van der Waals surface area (Å²) < 4.78 is 43.9. The van der Waals surface area contributed by atoms with Crippen molar-refractivity contribution in [2.75, 3.05) is 11.9 Å². The monoisotopic (exact) mass is 321 g/mol. The highest BCUT2D eigenvalue weighted by Crippen LogP contribution is 2.34. The van der Waals surface area contributed by atoms with Crippen LogP contribution in [0, 0.1) is 0 Å². The van der Waals surface area contributed by atoms with Crippen LogP contribution in [0.2, 0.25) is 5.02 Å². The van der Waals surface area contributed by atoms with Gasteiger partial charge < -0.3 is 10.1 Å². The third-order valence-corrected chi connectivity index (χ3v) is 3.96. The Morgan fingerprint density at radius 1 is 1.38 bits per heavy atom. The van der Waals surface area contributed by atoms with Gasteiger partial charge in [-0.05, 0) is 37.5 Å². The van der Waals surface area contributed by atoms with Gasteiger partial charge in [-0.25, -0.2) is 0 Å². The van der Waals surface area contributed by atoms with Crippen molar-refractivity contribution in [2.24, 2.45) is 0 Å². The molecule has 0 aliphatic carbocycles. The van der Waals surface area contributed by atoms with Gasteiger partial charge in [0.1, 0.15) is 0 Å². The molecule has 1 aliphatic heterocycles. The van der Waals surface area contributed by atoms with Crippen LogP contribution in [0.25, 0.3) is 0 Å². The zero-order valence-corrected chi connectivity index (χ0v) is 12.6. The molecule has 1 N–H and O–H groups in total. The van der Waals surface area contributed by atoms with Crippen molar-refractivity contribution < 1.29 is 17.9 Å². The van der Waals surface area contributed by atoms with E-state index in [2.05, 4.69) is 12.2 Å². The van der Waals surface area contributed by atoms with Crippen molar-refractivity contribution in [3.05, 3.63) is 28.8 Å². The van der Waals surface area contributed by atoms with E-state index in [1.807, 2.05) is 0 Å². The van der Waals surface area contributed by atoms with Gasteiger partial charge in [-0.2, -0.15) is 13.2 Å². The first kappa shape index (κ1) is 16.4. The number of alkyl halides is 3. The second-order valence-electron chi connectivity index (χ2n) is 5.34. The Bertz CT molecular complexity index is 476. The minimum absolute atomic E-state index is 0.0938. The molecule has 2 rings (SSSR count). The molecule has 2 atom stereocenters. The SMILES string of the molecule is CCCC1CC(Nc2cc(C(F)(F)F)ccc2Cl)CCO1. The summed E-state index contributed by atoms with van der Waals surface area (Å²) in [6.07, 6.45) is -0.629. The van der Waals surface area contributed by atoms with Crippen LogP contribution in [0.5, 0.6) is 0 Å². The normalized spacial score (nSPS) is 23.1. The number of hydrogen-bond donors (Lipinski definition) is 1. The zero-order chi connectivity index (χ0) is 15.5. The lowest BCUT2D eigenvalue weighted by Gasteiger charge is -2.31. The maximum Gasteiger partial charge on any atom is 0.416 e. The van der Waals surface area contributed by atoms with Gasteiger partial charge in [-0.15, -0.1) is 0 Å². The molecule has 0 saturated carbocycles. The minimum Gasteiger partial charge on any atom is -0.381 e. The summed E-state index contributed by atoms with van der Waals surface area (Å²) in [6.45, 7) is 2.71. The van der Waals surface area contributed by atoms with Gasteiger partial charge in [0.15, 0.2) is 0 Å². The maximum atomic E-state index is 12.7. The summed E-state index contributed by atoms with van der Waals surface area (Å²) in [7, 11) is 0. The molecule has 0 aromatic heterocycles. The van der Waals surface area contributed by atoms with Crippen LogP contribution in [0.3, 0.4) is 0 Å². The van der Waals surface area contributed by atoms with Crippen LogP contribution in [0.15, 0.2) is 18.2 Å². The molecule has 2 nitrogen and oxygen atoms in total. The van der Waals surface area contributed by atoms with E-state index in [9.17, 15) is 13.2 Å². The molecule has 1 saturated heterocycles. The van der Waals surface area contributed by atoms with Crippen LogP contribution >= 0.6 is 11.6 Å². The Balaban J connectivity index is 2.08. The number of ether oxygens (including phenoxy) is 1. The second-order valence-corrected chi connectivity index (χ2v) is 5.75. The largest absolute Gasteiger partial charge is 0.416 e. The van der Waals surface area contributed by atoms with Crippen LogP contribution in [-0.4, -0.2) is 18.8 Å². The molecular weight excluding hydrogens is 303 g/mol. The first-order valence-electron chi connectivity index (χ1n) is 7.15.